The van der Waals surface area contributed by atoms with Gasteiger partial charge in [0, 0.05) is 13.2 Å². The normalized spacial score (nSPS) is 13.1. The van der Waals surface area contributed by atoms with Crippen LogP contribution < -0.4 is 5.73 Å². The smallest absolute Gasteiger partial charge is 0.0947 e. The zero-order valence-corrected chi connectivity index (χ0v) is 10.6. The molecule has 0 bridgehead atoms. The molecule has 16 heavy (non-hydrogen) atoms. The Morgan fingerprint density at radius 1 is 1.31 bits per heavy atom. The zero-order chi connectivity index (χ0) is 12.0. The maximum Gasteiger partial charge on any atom is 0.0947 e. The van der Waals surface area contributed by atoms with Crippen molar-refractivity contribution in [3.63, 3.8) is 0 Å². The summed E-state index contributed by atoms with van der Waals surface area (Å²) >= 11 is 0. The SMILES string of the molecule is Cc1cccc(C(CN)OCCC(C)C)c1. The van der Waals surface area contributed by atoms with Gasteiger partial charge in [-0.25, -0.2) is 0 Å². The van der Waals surface area contributed by atoms with Crippen molar-refractivity contribution >= 4 is 0 Å². The second-order valence-electron chi connectivity index (χ2n) is 4.69. The fourth-order valence-electron chi connectivity index (χ4n) is 1.62. The zero-order valence-electron chi connectivity index (χ0n) is 10.6. The van der Waals surface area contributed by atoms with Crippen LogP contribution in [-0.4, -0.2) is 13.2 Å². The van der Waals surface area contributed by atoms with Crippen molar-refractivity contribution in [1.29, 1.82) is 0 Å². The van der Waals surface area contributed by atoms with E-state index in [2.05, 4.69) is 45.0 Å². The minimum absolute atomic E-state index is 0.0404. The fourth-order valence-corrected chi connectivity index (χ4v) is 1.62. The third kappa shape index (κ3) is 4.33. The first-order valence-corrected chi connectivity index (χ1v) is 6.01. The van der Waals surface area contributed by atoms with Crippen molar-refractivity contribution in [3.05, 3.63) is 35.4 Å². The third-order valence-corrected chi connectivity index (χ3v) is 2.64. The Bertz CT molecular complexity index is 309. The number of hydrogen-bond donors (Lipinski definition) is 1. The Labute approximate surface area is 98.8 Å². The molecule has 0 aliphatic carbocycles. The predicted octanol–water partition coefficient (Wildman–Crippen LogP) is 3.06. The molecule has 0 aliphatic rings. The lowest BCUT2D eigenvalue weighted by Gasteiger charge is -2.17. The molecule has 1 rings (SSSR count). The van der Waals surface area contributed by atoms with Crippen LogP contribution in [0.25, 0.3) is 0 Å². The highest BCUT2D eigenvalue weighted by Gasteiger charge is 2.10. The van der Waals surface area contributed by atoms with E-state index in [9.17, 15) is 0 Å². The van der Waals surface area contributed by atoms with Gasteiger partial charge in [-0.05, 0) is 24.8 Å². The molecule has 1 aromatic rings. The van der Waals surface area contributed by atoms with Crippen LogP contribution in [0.3, 0.4) is 0 Å². The molecule has 0 aromatic heterocycles. The molecule has 0 spiro atoms. The summed E-state index contributed by atoms with van der Waals surface area (Å²) in [5.74, 6) is 0.677. The predicted molar refractivity (Wildman–Crippen MR) is 68.4 cm³/mol. The van der Waals surface area contributed by atoms with E-state index in [0.717, 1.165) is 13.0 Å². The van der Waals surface area contributed by atoms with Crippen molar-refractivity contribution in [2.45, 2.75) is 33.3 Å². The highest BCUT2D eigenvalue weighted by atomic mass is 16.5. The first kappa shape index (κ1) is 13.2. The monoisotopic (exact) mass is 221 g/mol. The van der Waals surface area contributed by atoms with E-state index in [-0.39, 0.29) is 6.10 Å². The van der Waals surface area contributed by atoms with E-state index in [1.54, 1.807) is 0 Å². The van der Waals surface area contributed by atoms with Crippen LogP contribution in [-0.2, 0) is 4.74 Å². The highest BCUT2D eigenvalue weighted by Crippen LogP contribution is 2.18. The van der Waals surface area contributed by atoms with E-state index in [1.807, 2.05) is 0 Å². The molecule has 0 saturated heterocycles. The van der Waals surface area contributed by atoms with Gasteiger partial charge in [0.15, 0.2) is 0 Å². The third-order valence-electron chi connectivity index (χ3n) is 2.64. The lowest BCUT2D eigenvalue weighted by atomic mass is 10.1. The standard InChI is InChI=1S/C14H23NO/c1-11(2)7-8-16-14(10-15)13-6-4-5-12(3)9-13/h4-6,9,11,14H,7-8,10,15H2,1-3H3. The molecule has 1 aromatic carbocycles. The van der Waals surface area contributed by atoms with E-state index < -0.39 is 0 Å². The molecule has 1 unspecified atom stereocenters. The second kappa shape index (κ2) is 6.66. The van der Waals surface area contributed by atoms with Gasteiger partial charge in [0.2, 0.25) is 0 Å². The average Bonchev–Trinajstić information content (AvgIpc) is 2.24. The molecular formula is C14H23NO. The van der Waals surface area contributed by atoms with Crippen LogP contribution in [0.4, 0.5) is 0 Å². The number of nitrogens with two attached hydrogens (primary N) is 1. The maximum absolute atomic E-state index is 5.82. The number of aryl methyl sites for hydroxylation is 1. The van der Waals surface area contributed by atoms with Crippen LogP contribution in [0, 0.1) is 12.8 Å². The van der Waals surface area contributed by atoms with Gasteiger partial charge in [0.25, 0.3) is 0 Å². The number of ether oxygens (including phenoxy) is 1. The van der Waals surface area contributed by atoms with Gasteiger partial charge in [-0.3, -0.25) is 0 Å². The van der Waals surface area contributed by atoms with Gasteiger partial charge < -0.3 is 10.5 Å². The summed E-state index contributed by atoms with van der Waals surface area (Å²) in [7, 11) is 0. The lowest BCUT2D eigenvalue weighted by Crippen LogP contribution is -2.17. The Balaban J connectivity index is 2.53. The molecule has 0 fully saturated rings. The molecule has 0 radical (unpaired) electrons. The van der Waals surface area contributed by atoms with Crippen molar-refractivity contribution in [3.8, 4) is 0 Å². The van der Waals surface area contributed by atoms with E-state index >= 15 is 0 Å². The van der Waals surface area contributed by atoms with Crippen LogP contribution in [0.1, 0.15) is 37.5 Å². The van der Waals surface area contributed by atoms with Gasteiger partial charge in [-0.15, -0.1) is 0 Å². The molecule has 0 heterocycles. The van der Waals surface area contributed by atoms with Crippen LogP contribution in [0.5, 0.6) is 0 Å². The Morgan fingerprint density at radius 3 is 2.62 bits per heavy atom. The molecule has 2 nitrogen and oxygen atoms in total. The number of hydrogen-bond acceptors (Lipinski definition) is 2. The Kier molecular flexibility index (Phi) is 5.50. The molecule has 2 heteroatoms. The Morgan fingerprint density at radius 2 is 2.06 bits per heavy atom. The molecule has 0 aliphatic heterocycles. The summed E-state index contributed by atoms with van der Waals surface area (Å²) < 4.78 is 5.82. The van der Waals surface area contributed by atoms with Gasteiger partial charge in [0.05, 0.1) is 6.10 Å². The minimum atomic E-state index is 0.0404. The summed E-state index contributed by atoms with van der Waals surface area (Å²) in [6, 6.07) is 8.37. The summed E-state index contributed by atoms with van der Waals surface area (Å²) in [5, 5.41) is 0. The van der Waals surface area contributed by atoms with Gasteiger partial charge >= 0.3 is 0 Å². The van der Waals surface area contributed by atoms with E-state index in [4.69, 9.17) is 10.5 Å². The van der Waals surface area contributed by atoms with Crippen molar-refractivity contribution in [2.24, 2.45) is 11.7 Å². The van der Waals surface area contributed by atoms with E-state index in [1.165, 1.54) is 11.1 Å². The molecule has 0 saturated carbocycles. The lowest BCUT2D eigenvalue weighted by molar-refractivity contribution is 0.0515. The van der Waals surface area contributed by atoms with Crippen molar-refractivity contribution in [1.82, 2.24) is 0 Å². The highest BCUT2D eigenvalue weighted by molar-refractivity contribution is 5.24. The molecule has 2 N–H and O–H groups in total. The Hall–Kier alpha value is -0.860. The quantitative estimate of drug-likeness (QED) is 0.801. The minimum Gasteiger partial charge on any atom is -0.372 e. The van der Waals surface area contributed by atoms with Crippen molar-refractivity contribution in [2.75, 3.05) is 13.2 Å². The molecule has 90 valence electrons. The first-order valence-electron chi connectivity index (χ1n) is 6.01. The first-order chi connectivity index (χ1) is 7.63. The number of benzene rings is 1. The molecule has 0 amide bonds. The van der Waals surface area contributed by atoms with Crippen LogP contribution in [0.15, 0.2) is 24.3 Å². The van der Waals surface area contributed by atoms with Crippen LogP contribution >= 0.6 is 0 Å². The van der Waals surface area contributed by atoms with Gasteiger partial charge in [-0.2, -0.15) is 0 Å². The van der Waals surface area contributed by atoms with Crippen molar-refractivity contribution < 1.29 is 4.74 Å². The largest absolute Gasteiger partial charge is 0.372 e. The summed E-state index contributed by atoms with van der Waals surface area (Å²) in [6.07, 6.45) is 1.13. The number of rotatable bonds is 6. The summed E-state index contributed by atoms with van der Waals surface area (Å²) in [6.45, 7) is 7.82. The van der Waals surface area contributed by atoms with Crippen LogP contribution in [0.2, 0.25) is 0 Å². The van der Waals surface area contributed by atoms with Gasteiger partial charge in [-0.1, -0.05) is 43.7 Å². The molecule has 1 atom stereocenters. The average molecular weight is 221 g/mol. The van der Waals surface area contributed by atoms with Gasteiger partial charge in [0.1, 0.15) is 0 Å². The van der Waals surface area contributed by atoms with E-state index in [0.29, 0.717) is 12.5 Å². The second-order valence-corrected chi connectivity index (χ2v) is 4.69. The fraction of sp³-hybridized carbons (Fsp3) is 0.571. The topological polar surface area (TPSA) is 35.2 Å². The maximum atomic E-state index is 5.82. The summed E-state index contributed by atoms with van der Waals surface area (Å²) in [5.41, 5.74) is 8.19. The summed E-state index contributed by atoms with van der Waals surface area (Å²) in [4.78, 5) is 0. The molecular weight excluding hydrogens is 198 g/mol.